The van der Waals surface area contributed by atoms with Gasteiger partial charge >= 0.3 is 0 Å². The molecule has 0 bridgehead atoms. The van der Waals surface area contributed by atoms with Crippen LogP contribution in [0, 0.1) is 0 Å². The smallest absolute Gasteiger partial charge is 0.276 e. The van der Waals surface area contributed by atoms with E-state index in [-0.39, 0.29) is 11.6 Å². The van der Waals surface area contributed by atoms with Crippen LogP contribution >= 0.6 is 0 Å². The Morgan fingerprint density at radius 1 is 1.35 bits per heavy atom. The Kier molecular flexibility index (Phi) is 2.99. The summed E-state index contributed by atoms with van der Waals surface area (Å²) in [6, 6.07) is 3.29. The minimum Gasteiger partial charge on any atom is -0.372 e. The highest BCUT2D eigenvalue weighted by Crippen LogP contribution is 2.07. The van der Waals surface area contributed by atoms with E-state index in [2.05, 4.69) is 25.9 Å². The molecule has 2 heterocycles. The lowest BCUT2D eigenvalue weighted by Crippen LogP contribution is -2.14. The lowest BCUT2D eigenvalue weighted by molar-refractivity contribution is 0.102. The number of aromatic nitrogens is 4. The Morgan fingerprint density at radius 3 is 2.71 bits per heavy atom. The minimum atomic E-state index is -0.312. The maximum atomic E-state index is 11.8. The summed E-state index contributed by atoms with van der Waals surface area (Å²) in [5, 5.41) is 17.1. The van der Waals surface area contributed by atoms with Gasteiger partial charge in [-0.15, -0.1) is 10.2 Å². The van der Waals surface area contributed by atoms with Crippen molar-refractivity contribution in [3.05, 3.63) is 30.2 Å². The van der Waals surface area contributed by atoms with Gasteiger partial charge in [0.25, 0.3) is 5.91 Å². The fourth-order valence-electron chi connectivity index (χ4n) is 1.27. The first kappa shape index (κ1) is 11.1. The number of rotatable bonds is 3. The predicted octanol–water partition coefficient (Wildman–Crippen LogP) is 0.504. The summed E-state index contributed by atoms with van der Waals surface area (Å²) in [7, 11) is 3.51. The SMILES string of the molecule is CNc1ccc(C(=O)Nc2cnn(C)c2)nn1. The first-order valence-electron chi connectivity index (χ1n) is 5.00. The Labute approximate surface area is 97.9 Å². The number of carbonyl (C=O) groups excluding carboxylic acids is 1. The molecule has 7 nitrogen and oxygen atoms in total. The largest absolute Gasteiger partial charge is 0.372 e. The van der Waals surface area contributed by atoms with E-state index >= 15 is 0 Å². The third-order valence-corrected chi connectivity index (χ3v) is 2.12. The number of nitrogens with zero attached hydrogens (tertiary/aromatic N) is 4. The third-order valence-electron chi connectivity index (χ3n) is 2.12. The fourth-order valence-corrected chi connectivity index (χ4v) is 1.27. The summed E-state index contributed by atoms with van der Waals surface area (Å²) < 4.78 is 1.60. The third kappa shape index (κ3) is 2.57. The zero-order chi connectivity index (χ0) is 12.3. The minimum absolute atomic E-state index is 0.257. The molecule has 0 aromatic carbocycles. The second-order valence-electron chi connectivity index (χ2n) is 3.41. The molecule has 0 atom stereocenters. The van der Waals surface area contributed by atoms with Crippen LogP contribution in [0.4, 0.5) is 11.5 Å². The highest BCUT2D eigenvalue weighted by atomic mass is 16.1. The number of nitrogens with one attached hydrogen (secondary N) is 2. The van der Waals surface area contributed by atoms with Gasteiger partial charge in [-0.05, 0) is 12.1 Å². The molecular formula is C10H12N6O. The maximum absolute atomic E-state index is 11.8. The molecule has 0 unspecified atom stereocenters. The molecule has 2 aromatic heterocycles. The van der Waals surface area contributed by atoms with Crippen molar-refractivity contribution in [1.82, 2.24) is 20.0 Å². The second kappa shape index (κ2) is 4.60. The van der Waals surface area contributed by atoms with Crippen LogP contribution in [0.2, 0.25) is 0 Å². The molecule has 17 heavy (non-hydrogen) atoms. The van der Waals surface area contributed by atoms with Gasteiger partial charge in [0.05, 0.1) is 11.9 Å². The number of hydrogen-bond acceptors (Lipinski definition) is 5. The van der Waals surface area contributed by atoms with Crippen molar-refractivity contribution in [2.45, 2.75) is 0 Å². The molecule has 88 valence electrons. The molecule has 0 radical (unpaired) electrons. The molecule has 0 spiro atoms. The van der Waals surface area contributed by atoms with Crippen molar-refractivity contribution in [2.75, 3.05) is 17.7 Å². The van der Waals surface area contributed by atoms with Gasteiger partial charge in [0.2, 0.25) is 0 Å². The summed E-state index contributed by atoms with van der Waals surface area (Å²) >= 11 is 0. The molecule has 1 amide bonds. The zero-order valence-electron chi connectivity index (χ0n) is 9.51. The quantitative estimate of drug-likeness (QED) is 0.805. The number of carbonyl (C=O) groups is 1. The summed E-state index contributed by atoms with van der Waals surface area (Å²) in [5.74, 6) is 0.302. The summed E-state index contributed by atoms with van der Waals surface area (Å²) in [5.41, 5.74) is 0.879. The molecule has 0 saturated heterocycles. The average molecular weight is 232 g/mol. The maximum Gasteiger partial charge on any atom is 0.276 e. The Bertz CT molecular complexity index is 518. The highest BCUT2D eigenvalue weighted by Gasteiger charge is 2.09. The molecule has 0 fully saturated rings. The Morgan fingerprint density at radius 2 is 2.18 bits per heavy atom. The predicted molar refractivity (Wildman–Crippen MR) is 62.7 cm³/mol. The summed E-state index contributed by atoms with van der Waals surface area (Å²) in [6.07, 6.45) is 3.26. The van der Waals surface area contributed by atoms with Gasteiger partial charge in [-0.3, -0.25) is 9.48 Å². The van der Waals surface area contributed by atoms with Gasteiger partial charge in [-0.25, -0.2) is 0 Å². The van der Waals surface area contributed by atoms with Gasteiger partial charge in [0.15, 0.2) is 5.69 Å². The van der Waals surface area contributed by atoms with E-state index in [0.29, 0.717) is 11.5 Å². The van der Waals surface area contributed by atoms with Crippen molar-refractivity contribution >= 4 is 17.4 Å². The lowest BCUT2D eigenvalue weighted by Gasteiger charge is -2.01. The van der Waals surface area contributed by atoms with Gasteiger partial charge in [0.1, 0.15) is 5.82 Å². The molecule has 2 aromatic rings. The van der Waals surface area contributed by atoms with E-state index in [4.69, 9.17) is 0 Å². The van der Waals surface area contributed by atoms with Crippen LogP contribution in [0.3, 0.4) is 0 Å². The highest BCUT2D eigenvalue weighted by molar-refractivity contribution is 6.02. The van der Waals surface area contributed by atoms with Crippen molar-refractivity contribution in [1.29, 1.82) is 0 Å². The molecule has 2 N–H and O–H groups in total. The monoisotopic (exact) mass is 232 g/mol. The zero-order valence-corrected chi connectivity index (χ0v) is 9.51. The van der Waals surface area contributed by atoms with Crippen LogP contribution < -0.4 is 10.6 Å². The standard InChI is InChI=1S/C10H12N6O/c1-11-9-4-3-8(14-15-9)10(17)13-7-5-12-16(2)6-7/h3-6H,1-2H3,(H,11,15)(H,13,17). The molecule has 7 heteroatoms. The fraction of sp³-hybridized carbons (Fsp3) is 0.200. The van der Waals surface area contributed by atoms with Crippen LogP contribution in [-0.4, -0.2) is 32.9 Å². The lowest BCUT2D eigenvalue weighted by atomic mass is 10.3. The van der Waals surface area contributed by atoms with Crippen LogP contribution in [0.1, 0.15) is 10.5 Å². The topological polar surface area (TPSA) is 84.7 Å². The molecule has 2 rings (SSSR count). The summed E-state index contributed by atoms with van der Waals surface area (Å²) in [4.78, 5) is 11.8. The van der Waals surface area contributed by atoms with E-state index in [9.17, 15) is 4.79 Å². The van der Waals surface area contributed by atoms with Gasteiger partial charge < -0.3 is 10.6 Å². The molecule has 0 aliphatic heterocycles. The van der Waals surface area contributed by atoms with E-state index < -0.39 is 0 Å². The molecule has 0 aliphatic rings. The van der Waals surface area contributed by atoms with E-state index in [1.807, 2.05) is 0 Å². The van der Waals surface area contributed by atoms with E-state index in [1.165, 1.54) is 0 Å². The van der Waals surface area contributed by atoms with Crippen LogP contribution in [0.5, 0.6) is 0 Å². The van der Waals surface area contributed by atoms with Crippen molar-refractivity contribution in [3.8, 4) is 0 Å². The number of anilines is 2. The van der Waals surface area contributed by atoms with Gasteiger partial charge in [-0.2, -0.15) is 5.10 Å². The number of amides is 1. The number of aryl methyl sites for hydroxylation is 1. The summed E-state index contributed by atoms with van der Waals surface area (Å²) in [6.45, 7) is 0. The molecule has 0 saturated carbocycles. The normalized spacial score (nSPS) is 10.0. The average Bonchev–Trinajstić information content (AvgIpc) is 2.75. The van der Waals surface area contributed by atoms with Crippen LogP contribution in [0.25, 0.3) is 0 Å². The van der Waals surface area contributed by atoms with Gasteiger partial charge in [-0.1, -0.05) is 0 Å². The van der Waals surface area contributed by atoms with Gasteiger partial charge in [0, 0.05) is 20.3 Å². The number of hydrogen-bond donors (Lipinski definition) is 2. The Hall–Kier alpha value is -2.44. The van der Waals surface area contributed by atoms with E-state index in [0.717, 1.165) is 0 Å². The second-order valence-corrected chi connectivity index (χ2v) is 3.41. The first-order chi connectivity index (χ1) is 8.19. The molecular weight excluding hydrogens is 220 g/mol. The first-order valence-corrected chi connectivity index (χ1v) is 5.00. The van der Waals surface area contributed by atoms with Crippen molar-refractivity contribution in [2.24, 2.45) is 7.05 Å². The Balaban J connectivity index is 2.09. The van der Waals surface area contributed by atoms with Crippen molar-refractivity contribution < 1.29 is 4.79 Å². The van der Waals surface area contributed by atoms with E-state index in [1.54, 1.807) is 43.3 Å². The van der Waals surface area contributed by atoms with Crippen LogP contribution in [-0.2, 0) is 7.05 Å². The molecule has 0 aliphatic carbocycles. The van der Waals surface area contributed by atoms with Crippen molar-refractivity contribution in [3.63, 3.8) is 0 Å². The van der Waals surface area contributed by atoms with Crippen LogP contribution in [0.15, 0.2) is 24.5 Å².